The minimum absolute atomic E-state index is 0.0327. The van der Waals surface area contributed by atoms with Gasteiger partial charge >= 0.3 is 6.61 Å². The molecule has 0 saturated heterocycles. The highest BCUT2D eigenvalue weighted by molar-refractivity contribution is 5.81. The first-order valence-corrected chi connectivity index (χ1v) is 8.65. The van der Waals surface area contributed by atoms with E-state index in [2.05, 4.69) is 10.1 Å². The largest absolute Gasteiger partial charge is 0.493 e. The molecule has 27 heavy (non-hydrogen) atoms. The van der Waals surface area contributed by atoms with Gasteiger partial charge in [0.15, 0.2) is 11.5 Å². The molecule has 1 rings (SSSR count). The summed E-state index contributed by atoms with van der Waals surface area (Å²) in [7, 11) is 3.04. The summed E-state index contributed by atoms with van der Waals surface area (Å²) in [6.07, 6.45) is 0. The van der Waals surface area contributed by atoms with E-state index in [0.717, 1.165) is 0 Å². The Kier molecular flexibility index (Phi) is 9.49. The zero-order valence-corrected chi connectivity index (χ0v) is 16.1. The minimum atomic E-state index is -2.95. The van der Waals surface area contributed by atoms with E-state index in [-0.39, 0.29) is 42.9 Å². The average Bonchev–Trinajstić information content (AvgIpc) is 2.61. The van der Waals surface area contributed by atoms with Gasteiger partial charge in [-0.3, -0.25) is 14.5 Å². The summed E-state index contributed by atoms with van der Waals surface area (Å²) in [5.41, 5.74) is 0.670. The van der Waals surface area contributed by atoms with E-state index in [9.17, 15) is 18.4 Å². The van der Waals surface area contributed by atoms with Crippen molar-refractivity contribution in [1.82, 2.24) is 15.1 Å². The third-order valence-electron chi connectivity index (χ3n) is 3.87. The molecule has 1 N–H and O–H groups in total. The molecule has 0 aromatic heterocycles. The summed E-state index contributed by atoms with van der Waals surface area (Å²) >= 11 is 0. The number of benzene rings is 1. The van der Waals surface area contributed by atoms with Crippen LogP contribution in [0.3, 0.4) is 0 Å². The van der Waals surface area contributed by atoms with Gasteiger partial charge in [-0.2, -0.15) is 8.78 Å². The number of nitrogens with zero attached hydrogens (tertiary/aromatic N) is 2. The first kappa shape index (κ1) is 22.6. The standard InChI is InChI=1S/C18H27F2N3O4/c1-5-23(6-2)17(25)12-22(3)11-16(24)21-10-13-7-8-14(27-18(19)20)15(9-13)26-4/h7-9,18H,5-6,10-12H2,1-4H3,(H,21,24). The molecule has 1 aromatic carbocycles. The Balaban J connectivity index is 2.53. The Labute approximate surface area is 158 Å². The predicted molar refractivity (Wildman–Crippen MR) is 96.9 cm³/mol. The number of carbonyl (C=O) groups excluding carboxylic acids is 2. The van der Waals surface area contributed by atoms with Gasteiger partial charge in [0.25, 0.3) is 0 Å². The van der Waals surface area contributed by atoms with Crippen molar-refractivity contribution in [3.05, 3.63) is 23.8 Å². The summed E-state index contributed by atoms with van der Waals surface area (Å²) in [5.74, 6) is -0.201. The SMILES string of the molecule is CCN(CC)C(=O)CN(C)CC(=O)NCc1ccc(OC(F)F)c(OC)c1. The van der Waals surface area contributed by atoms with Gasteiger partial charge in [-0.05, 0) is 38.6 Å². The summed E-state index contributed by atoms with van der Waals surface area (Å²) in [6, 6.07) is 4.45. The maximum absolute atomic E-state index is 12.3. The monoisotopic (exact) mass is 387 g/mol. The lowest BCUT2D eigenvalue weighted by Gasteiger charge is -2.22. The van der Waals surface area contributed by atoms with E-state index in [0.29, 0.717) is 18.7 Å². The third kappa shape index (κ3) is 7.78. The summed E-state index contributed by atoms with van der Waals surface area (Å²) < 4.78 is 34.0. The molecular weight excluding hydrogens is 360 g/mol. The van der Waals surface area contributed by atoms with Crippen LogP contribution in [0.5, 0.6) is 11.5 Å². The zero-order chi connectivity index (χ0) is 20.4. The van der Waals surface area contributed by atoms with Gasteiger partial charge in [0, 0.05) is 19.6 Å². The first-order valence-electron chi connectivity index (χ1n) is 8.65. The Morgan fingerprint density at radius 3 is 2.37 bits per heavy atom. The molecule has 2 amide bonds. The molecule has 0 saturated carbocycles. The molecule has 0 atom stereocenters. The van der Waals surface area contributed by atoms with Crippen LogP contribution in [0.25, 0.3) is 0 Å². The summed E-state index contributed by atoms with van der Waals surface area (Å²) in [5, 5.41) is 2.72. The fourth-order valence-electron chi connectivity index (χ4n) is 2.48. The summed E-state index contributed by atoms with van der Waals surface area (Å²) in [6.45, 7) is 2.53. The number of amides is 2. The first-order chi connectivity index (χ1) is 12.8. The number of methoxy groups -OCH3 is 1. The van der Waals surface area contributed by atoms with Crippen LogP contribution in [0.4, 0.5) is 8.78 Å². The number of hydrogen-bond acceptors (Lipinski definition) is 5. The molecule has 0 radical (unpaired) electrons. The molecule has 0 fully saturated rings. The number of alkyl halides is 2. The molecule has 0 aliphatic carbocycles. The Morgan fingerprint density at radius 2 is 1.81 bits per heavy atom. The van der Waals surface area contributed by atoms with Gasteiger partial charge in [0.1, 0.15) is 0 Å². The third-order valence-corrected chi connectivity index (χ3v) is 3.87. The maximum Gasteiger partial charge on any atom is 0.387 e. The lowest BCUT2D eigenvalue weighted by Crippen LogP contribution is -2.42. The van der Waals surface area contributed by atoms with Crippen LogP contribution < -0.4 is 14.8 Å². The normalized spacial score (nSPS) is 10.8. The van der Waals surface area contributed by atoms with Crippen molar-refractivity contribution >= 4 is 11.8 Å². The molecule has 152 valence electrons. The van der Waals surface area contributed by atoms with Crippen LogP contribution >= 0.6 is 0 Å². The van der Waals surface area contributed by atoms with Gasteiger partial charge in [0.2, 0.25) is 11.8 Å². The van der Waals surface area contributed by atoms with Gasteiger partial charge in [-0.1, -0.05) is 6.07 Å². The lowest BCUT2D eigenvalue weighted by molar-refractivity contribution is -0.132. The Hall–Kier alpha value is -2.42. The number of carbonyl (C=O) groups is 2. The number of nitrogens with one attached hydrogen (secondary N) is 1. The van der Waals surface area contributed by atoms with E-state index in [1.807, 2.05) is 13.8 Å². The molecule has 0 heterocycles. The van der Waals surface area contributed by atoms with E-state index < -0.39 is 6.61 Å². The van der Waals surface area contributed by atoms with Crippen molar-refractivity contribution in [2.75, 3.05) is 40.3 Å². The number of halogens is 2. The Bertz CT molecular complexity index is 625. The number of hydrogen-bond donors (Lipinski definition) is 1. The van der Waals surface area contributed by atoms with E-state index in [1.165, 1.54) is 19.2 Å². The minimum Gasteiger partial charge on any atom is -0.493 e. The predicted octanol–water partition coefficient (Wildman–Crippen LogP) is 1.71. The van der Waals surface area contributed by atoms with Crippen molar-refractivity contribution in [3.8, 4) is 11.5 Å². The van der Waals surface area contributed by atoms with Crippen molar-refractivity contribution in [2.45, 2.75) is 27.0 Å². The van der Waals surface area contributed by atoms with Gasteiger partial charge in [0.05, 0.1) is 20.2 Å². The maximum atomic E-state index is 12.3. The van der Waals surface area contributed by atoms with Crippen LogP contribution in [0.2, 0.25) is 0 Å². The molecule has 1 aromatic rings. The Morgan fingerprint density at radius 1 is 1.15 bits per heavy atom. The highest BCUT2D eigenvalue weighted by Gasteiger charge is 2.15. The number of ether oxygens (including phenoxy) is 2. The highest BCUT2D eigenvalue weighted by Crippen LogP contribution is 2.29. The van der Waals surface area contributed by atoms with E-state index in [1.54, 1.807) is 22.9 Å². The van der Waals surface area contributed by atoms with Crippen LogP contribution in [-0.2, 0) is 16.1 Å². The van der Waals surface area contributed by atoms with Crippen LogP contribution in [-0.4, -0.2) is 68.6 Å². The second kappa shape index (κ2) is 11.3. The average molecular weight is 387 g/mol. The molecule has 9 heteroatoms. The van der Waals surface area contributed by atoms with Crippen molar-refractivity contribution in [2.24, 2.45) is 0 Å². The van der Waals surface area contributed by atoms with E-state index in [4.69, 9.17) is 4.74 Å². The fourth-order valence-corrected chi connectivity index (χ4v) is 2.48. The number of rotatable bonds is 11. The van der Waals surface area contributed by atoms with Crippen molar-refractivity contribution in [3.63, 3.8) is 0 Å². The second-order valence-electron chi connectivity index (χ2n) is 5.88. The number of likely N-dealkylation sites (N-methyl/N-ethyl adjacent to an activating group) is 2. The smallest absolute Gasteiger partial charge is 0.387 e. The second-order valence-corrected chi connectivity index (χ2v) is 5.88. The quantitative estimate of drug-likeness (QED) is 0.626. The van der Waals surface area contributed by atoms with Crippen LogP contribution in [0, 0.1) is 0 Å². The molecule has 7 nitrogen and oxygen atoms in total. The van der Waals surface area contributed by atoms with Crippen molar-refractivity contribution < 1.29 is 27.8 Å². The topological polar surface area (TPSA) is 71.1 Å². The van der Waals surface area contributed by atoms with E-state index >= 15 is 0 Å². The molecule has 0 aliphatic rings. The summed E-state index contributed by atoms with van der Waals surface area (Å²) in [4.78, 5) is 27.4. The van der Waals surface area contributed by atoms with Gasteiger partial charge in [-0.25, -0.2) is 0 Å². The molecule has 0 spiro atoms. The molecule has 0 unspecified atom stereocenters. The van der Waals surface area contributed by atoms with Crippen LogP contribution in [0.15, 0.2) is 18.2 Å². The van der Waals surface area contributed by atoms with Gasteiger partial charge in [-0.15, -0.1) is 0 Å². The van der Waals surface area contributed by atoms with Crippen LogP contribution in [0.1, 0.15) is 19.4 Å². The lowest BCUT2D eigenvalue weighted by atomic mass is 10.2. The molecule has 0 bridgehead atoms. The molecular formula is C18H27F2N3O4. The fraction of sp³-hybridized carbons (Fsp3) is 0.556. The van der Waals surface area contributed by atoms with Gasteiger partial charge < -0.3 is 19.7 Å². The van der Waals surface area contributed by atoms with Crippen molar-refractivity contribution in [1.29, 1.82) is 0 Å². The molecule has 0 aliphatic heterocycles. The highest BCUT2D eigenvalue weighted by atomic mass is 19.3. The zero-order valence-electron chi connectivity index (χ0n) is 16.1.